The molecule has 104 valence electrons. The van der Waals surface area contributed by atoms with Gasteiger partial charge >= 0.3 is 5.97 Å². The maximum atomic E-state index is 10.3. The number of halogens is 1. The second kappa shape index (κ2) is 7.52. The molecule has 2 aromatic heterocycles. The van der Waals surface area contributed by atoms with E-state index in [0.717, 1.165) is 37.1 Å². The summed E-state index contributed by atoms with van der Waals surface area (Å²) in [4.78, 5) is 24.5. The summed E-state index contributed by atoms with van der Waals surface area (Å²) in [6.45, 7) is 0.786. The van der Waals surface area contributed by atoms with Gasteiger partial charge in [0.15, 0.2) is 5.52 Å². The van der Waals surface area contributed by atoms with Crippen LogP contribution >= 0.6 is 0 Å². The molecule has 0 aliphatic heterocycles. The highest BCUT2D eigenvalue weighted by Crippen LogP contribution is 2.11. The minimum Gasteiger partial charge on any atom is -1.00 e. The number of carbonyl (C=O) groups is 1. The molecule has 0 aromatic carbocycles. The maximum Gasteiger partial charge on any atom is 0.303 e. The van der Waals surface area contributed by atoms with Crippen molar-refractivity contribution < 1.29 is 27.3 Å². The molecule has 4 N–H and O–H groups in total. The van der Waals surface area contributed by atoms with Crippen LogP contribution in [0.25, 0.3) is 11.2 Å². The monoisotopic (exact) mass is 285 g/mol. The number of anilines is 1. The minimum absolute atomic E-state index is 0. The Morgan fingerprint density at radius 2 is 2.21 bits per heavy atom. The van der Waals surface area contributed by atoms with Gasteiger partial charge in [0.25, 0.3) is 5.65 Å². The number of aromatic nitrogens is 4. The first-order valence-electron chi connectivity index (χ1n) is 5.93. The van der Waals surface area contributed by atoms with Crippen molar-refractivity contribution in [3.05, 3.63) is 12.7 Å². The summed E-state index contributed by atoms with van der Waals surface area (Å²) < 4.78 is 0. The maximum absolute atomic E-state index is 10.3. The smallest absolute Gasteiger partial charge is 0.303 e. The lowest BCUT2D eigenvalue weighted by Gasteiger charge is -2.00. The van der Waals surface area contributed by atoms with E-state index < -0.39 is 5.97 Å². The van der Waals surface area contributed by atoms with Gasteiger partial charge in [-0.05, 0) is 19.3 Å². The SMILES string of the molecule is O=C(O)CCCCCNc1[nH+]cnc2nc[nH]c12.[Cl-]. The highest BCUT2D eigenvalue weighted by molar-refractivity contribution is 5.79. The molecule has 0 atom stereocenters. The number of nitrogens with zero attached hydrogens (tertiary/aromatic N) is 2. The highest BCUT2D eigenvalue weighted by atomic mass is 35.5. The summed E-state index contributed by atoms with van der Waals surface area (Å²) in [6, 6.07) is 0. The third kappa shape index (κ3) is 4.36. The van der Waals surface area contributed by atoms with Crippen LogP contribution in [0, 0.1) is 0 Å². The van der Waals surface area contributed by atoms with E-state index in [2.05, 4.69) is 25.3 Å². The molecule has 0 radical (unpaired) electrons. The molecule has 0 spiro atoms. The predicted octanol–water partition coefficient (Wildman–Crippen LogP) is -2.17. The van der Waals surface area contributed by atoms with Crippen molar-refractivity contribution in [2.75, 3.05) is 11.9 Å². The zero-order valence-electron chi connectivity index (χ0n) is 10.3. The van der Waals surface area contributed by atoms with Gasteiger partial charge in [0.1, 0.15) is 0 Å². The van der Waals surface area contributed by atoms with Crippen molar-refractivity contribution in [1.82, 2.24) is 15.0 Å². The third-order valence-corrected chi connectivity index (χ3v) is 2.63. The molecular weight excluding hydrogens is 270 g/mol. The summed E-state index contributed by atoms with van der Waals surface area (Å²) in [5, 5.41) is 11.8. The fourth-order valence-electron chi connectivity index (χ4n) is 1.73. The normalized spacial score (nSPS) is 10.1. The van der Waals surface area contributed by atoms with Crippen molar-refractivity contribution >= 4 is 23.0 Å². The van der Waals surface area contributed by atoms with Crippen molar-refractivity contribution in [3.8, 4) is 0 Å². The van der Waals surface area contributed by atoms with E-state index in [4.69, 9.17) is 5.11 Å². The van der Waals surface area contributed by atoms with Crippen LogP contribution in [-0.4, -0.2) is 32.6 Å². The van der Waals surface area contributed by atoms with Crippen molar-refractivity contribution in [1.29, 1.82) is 0 Å². The Hall–Kier alpha value is -1.89. The van der Waals surface area contributed by atoms with Crippen molar-refractivity contribution in [3.63, 3.8) is 0 Å². The number of carboxylic acids is 1. The van der Waals surface area contributed by atoms with E-state index in [-0.39, 0.29) is 18.8 Å². The van der Waals surface area contributed by atoms with Crippen LogP contribution in [0.1, 0.15) is 25.7 Å². The number of fused-ring (bicyclic) bond motifs is 1. The van der Waals surface area contributed by atoms with E-state index >= 15 is 0 Å². The molecule has 2 aromatic rings. The topological polar surface area (TPSA) is 105 Å². The predicted molar refractivity (Wildman–Crippen MR) is 65.0 cm³/mol. The largest absolute Gasteiger partial charge is 1.00 e. The Labute approximate surface area is 116 Å². The molecule has 0 aliphatic rings. The second-order valence-electron chi connectivity index (χ2n) is 4.01. The van der Waals surface area contributed by atoms with Crippen LogP contribution in [0.15, 0.2) is 12.7 Å². The van der Waals surface area contributed by atoms with Crippen molar-refractivity contribution in [2.24, 2.45) is 0 Å². The number of aliphatic carboxylic acids is 1. The van der Waals surface area contributed by atoms with E-state index in [1.807, 2.05) is 0 Å². The lowest BCUT2D eigenvalue weighted by atomic mass is 10.2. The number of imidazole rings is 1. The Kier molecular flexibility index (Phi) is 6.01. The number of aromatic amines is 2. The summed E-state index contributed by atoms with van der Waals surface area (Å²) in [5.41, 5.74) is 1.52. The van der Waals surface area contributed by atoms with Crippen LogP contribution < -0.4 is 22.7 Å². The fraction of sp³-hybridized carbons (Fsp3) is 0.455. The number of carboxylic acid groups (broad SMARTS) is 1. The Morgan fingerprint density at radius 1 is 1.37 bits per heavy atom. The van der Waals surface area contributed by atoms with E-state index in [0.29, 0.717) is 5.65 Å². The zero-order valence-corrected chi connectivity index (χ0v) is 11.1. The Balaban J connectivity index is 0.00000180. The van der Waals surface area contributed by atoms with Gasteiger partial charge in [-0.1, -0.05) is 4.98 Å². The molecule has 0 fully saturated rings. The average molecular weight is 286 g/mol. The zero-order chi connectivity index (χ0) is 12.8. The summed E-state index contributed by atoms with van der Waals surface area (Å²) in [6.07, 6.45) is 5.98. The van der Waals surface area contributed by atoms with E-state index in [1.54, 1.807) is 12.7 Å². The van der Waals surface area contributed by atoms with Crippen LogP contribution in [0.2, 0.25) is 0 Å². The fourth-order valence-corrected chi connectivity index (χ4v) is 1.73. The quantitative estimate of drug-likeness (QED) is 0.502. The van der Waals surface area contributed by atoms with Gasteiger partial charge in [-0.25, -0.2) is 9.97 Å². The molecular formula is C11H16ClN5O2. The van der Waals surface area contributed by atoms with Crippen LogP contribution in [0.5, 0.6) is 0 Å². The van der Waals surface area contributed by atoms with Gasteiger partial charge in [0, 0.05) is 6.42 Å². The van der Waals surface area contributed by atoms with E-state index in [1.165, 1.54) is 0 Å². The van der Waals surface area contributed by atoms with Gasteiger partial charge in [0.2, 0.25) is 12.1 Å². The first-order valence-corrected chi connectivity index (χ1v) is 5.93. The first-order chi connectivity index (χ1) is 8.77. The lowest BCUT2D eigenvalue weighted by molar-refractivity contribution is -0.364. The molecule has 19 heavy (non-hydrogen) atoms. The van der Waals surface area contributed by atoms with Gasteiger partial charge in [-0.2, -0.15) is 0 Å². The summed E-state index contributed by atoms with van der Waals surface area (Å²) >= 11 is 0. The molecule has 8 heteroatoms. The molecule has 7 nitrogen and oxygen atoms in total. The Morgan fingerprint density at radius 3 is 3.00 bits per heavy atom. The molecule has 0 unspecified atom stereocenters. The molecule has 0 saturated heterocycles. The van der Waals surface area contributed by atoms with Gasteiger partial charge in [0.05, 0.1) is 12.9 Å². The van der Waals surface area contributed by atoms with Gasteiger partial charge in [-0.15, -0.1) is 0 Å². The number of unbranched alkanes of at least 4 members (excludes halogenated alkanes) is 2. The number of nitrogens with one attached hydrogen (secondary N) is 3. The number of hydrogen-bond acceptors (Lipinski definition) is 4. The number of rotatable bonds is 7. The third-order valence-electron chi connectivity index (χ3n) is 2.63. The van der Waals surface area contributed by atoms with Crippen LogP contribution in [0.3, 0.4) is 0 Å². The second-order valence-corrected chi connectivity index (χ2v) is 4.01. The molecule has 0 amide bonds. The van der Waals surface area contributed by atoms with Crippen LogP contribution in [-0.2, 0) is 4.79 Å². The van der Waals surface area contributed by atoms with Crippen LogP contribution in [0.4, 0.5) is 5.82 Å². The van der Waals surface area contributed by atoms with E-state index in [9.17, 15) is 4.79 Å². The average Bonchev–Trinajstić information content (AvgIpc) is 2.82. The summed E-state index contributed by atoms with van der Waals surface area (Å²) in [5.74, 6) is 0.125. The molecule has 0 saturated carbocycles. The standard InChI is InChI=1S/C11H15N5O2.ClH/c17-8(18)4-2-1-3-5-12-10-9-11(14-6-13-9)16-7-15-10;/h6-7H,1-5H2,(H,17,18)(H2,12,13,14,15,16);1H. The van der Waals surface area contributed by atoms with Crippen molar-refractivity contribution in [2.45, 2.75) is 25.7 Å². The van der Waals surface area contributed by atoms with Gasteiger partial charge < -0.3 is 27.8 Å². The number of H-pyrrole nitrogens is 2. The Bertz CT molecular complexity index is 531. The number of hydrogen-bond donors (Lipinski definition) is 3. The minimum atomic E-state index is -0.732. The molecule has 0 aliphatic carbocycles. The molecule has 2 heterocycles. The molecule has 2 rings (SSSR count). The summed E-state index contributed by atoms with van der Waals surface area (Å²) in [7, 11) is 0. The highest BCUT2D eigenvalue weighted by Gasteiger charge is 2.09. The van der Waals surface area contributed by atoms with Gasteiger partial charge in [-0.3, -0.25) is 4.79 Å². The first kappa shape index (κ1) is 15.2. The molecule has 0 bridgehead atoms. The lowest BCUT2D eigenvalue weighted by Crippen LogP contribution is -3.00.